The van der Waals surface area contributed by atoms with Crippen LogP contribution >= 0.6 is 0 Å². The average molecular weight is 327 g/mol. The topological polar surface area (TPSA) is 47.6 Å². The van der Waals surface area contributed by atoms with E-state index in [0.717, 1.165) is 5.75 Å². The SMILES string of the molecule is CC(C)(C)c1ccc(OCC(=O)NCCOc2ccccc2)cc1. The molecule has 4 nitrogen and oxygen atoms in total. The monoisotopic (exact) mass is 327 g/mol. The van der Waals surface area contributed by atoms with Crippen molar-refractivity contribution in [2.24, 2.45) is 0 Å². The van der Waals surface area contributed by atoms with Crippen molar-refractivity contribution in [1.82, 2.24) is 5.32 Å². The Morgan fingerprint density at radius 3 is 2.17 bits per heavy atom. The maximum atomic E-state index is 11.8. The van der Waals surface area contributed by atoms with Gasteiger partial charge in [0.2, 0.25) is 0 Å². The summed E-state index contributed by atoms with van der Waals surface area (Å²) in [6.45, 7) is 7.35. The van der Waals surface area contributed by atoms with Crippen molar-refractivity contribution in [3.63, 3.8) is 0 Å². The molecule has 0 aliphatic rings. The van der Waals surface area contributed by atoms with Crippen LogP contribution in [0.15, 0.2) is 54.6 Å². The predicted octanol–water partition coefficient (Wildman–Crippen LogP) is 3.56. The normalized spacial score (nSPS) is 11.0. The van der Waals surface area contributed by atoms with Gasteiger partial charge in [0.05, 0.1) is 6.54 Å². The summed E-state index contributed by atoms with van der Waals surface area (Å²) in [7, 11) is 0. The van der Waals surface area contributed by atoms with Crippen LogP contribution in [-0.2, 0) is 10.2 Å². The standard InChI is InChI=1S/C20H25NO3/c1-20(2,3)16-9-11-18(12-10-16)24-15-19(22)21-13-14-23-17-7-5-4-6-8-17/h4-12H,13-15H2,1-3H3,(H,21,22). The van der Waals surface area contributed by atoms with E-state index in [4.69, 9.17) is 9.47 Å². The zero-order chi connectivity index (χ0) is 17.4. The number of nitrogens with one attached hydrogen (secondary N) is 1. The Labute approximate surface area is 143 Å². The smallest absolute Gasteiger partial charge is 0.258 e. The number of hydrogen-bond donors (Lipinski definition) is 1. The molecule has 0 radical (unpaired) electrons. The van der Waals surface area contributed by atoms with Crippen LogP contribution in [-0.4, -0.2) is 25.7 Å². The molecule has 128 valence electrons. The molecule has 4 heteroatoms. The summed E-state index contributed by atoms with van der Waals surface area (Å²) in [5, 5.41) is 2.77. The Morgan fingerprint density at radius 2 is 1.54 bits per heavy atom. The molecule has 24 heavy (non-hydrogen) atoms. The van der Waals surface area contributed by atoms with Crippen LogP contribution in [0.2, 0.25) is 0 Å². The summed E-state index contributed by atoms with van der Waals surface area (Å²) in [6, 6.07) is 17.4. The zero-order valence-corrected chi connectivity index (χ0v) is 14.5. The number of benzene rings is 2. The van der Waals surface area contributed by atoms with Gasteiger partial charge in [0, 0.05) is 0 Å². The Kier molecular flexibility index (Phi) is 6.24. The first-order valence-corrected chi connectivity index (χ1v) is 8.13. The third-order valence-corrected chi connectivity index (χ3v) is 3.53. The minimum absolute atomic E-state index is 0.000200. The van der Waals surface area contributed by atoms with E-state index in [1.165, 1.54) is 5.56 Å². The number of carbonyl (C=O) groups is 1. The lowest BCUT2D eigenvalue weighted by Crippen LogP contribution is -2.32. The fraction of sp³-hybridized carbons (Fsp3) is 0.350. The molecule has 2 aromatic carbocycles. The van der Waals surface area contributed by atoms with Gasteiger partial charge in [0.15, 0.2) is 6.61 Å². The number of hydrogen-bond acceptors (Lipinski definition) is 3. The first-order chi connectivity index (χ1) is 11.4. The van der Waals surface area contributed by atoms with Gasteiger partial charge in [-0.2, -0.15) is 0 Å². The maximum absolute atomic E-state index is 11.8. The first kappa shape index (κ1) is 17.9. The molecule has 0 aromatic heterocycles. The molecule has 0 saturated carbocycles. The van der Waals surface area contributed by atoms with E-state index in [1.807, 2.05) is 54.6 Å². The summed E-state index contributed by atoms with van der Waals surface area (Å²) in [5.74, 6) is 1.33. The summed E-state index contributed by atoms with van der Waals surface area (Å²) < 4.78 is 11.0. The molecular formula is C20H25NO3. The second-order valence-corrected chi connectivity index (χ2v) is 6.57. The summed E-state index contributed by atoms with van der Waals surface area (Å²) in [4.78, 5) is 11.8. The van der Waals surface area contributed by atoms with E-state index < -0.39 is 0 Å². The van der Waals surface area contributed by atoms with Crippen molar-refractivity contribution >= 4 is 5.91 Å². The third-order valence-electron chi connectivity index (χ3n) is 3.53. The highest BCUT2D eigenvalue weighted by Crippen LogP contribution is 2.24. The van der Waals surface area contributed by atoms with Crippen molar-refractivity contribution < 1.29 is 14.3 Å². The summed E-state index contributed by atoms with van der Waals surface area (Å²) >= 11 is 0. The van der Waals surface area contributed by atoms with Crippen LogP contribution in [0.1, 0.15) is 26.3 Å². The van der Waals surface area contributed by atoms with Gasteiger partial charge < -0.3 is 14.8 Å². The second kappa shape index (κ2) is 8.39. The van der Waals surface area contributed by atoms with Crippen LogP contribution in [0.25, 0.3) is 0 Å². The van der Waals surface area contributed by atoms with E-state index in [1.54, 1.807) is 0 Å². The molecule has 0 bridgehead atoms. The van der Waals surface area contributed by atoms with Gasteiger partial charge in [-0.3, -0.25) is 4.79 Å². The van der Waals surface area contributed by atoms with Crippen LogP contribution < -0.4 is 14.8 Å². The predicted molar refractivity (Wildman–Crippen MR) is 95.6 cm³/mol. The molecule has 0 unspecified atom stereocenters. The lowest BCUT2D eigenvalue weighted by Gasteiger charge is -2.19. The van der Waals surface area contributed by atoms with Gasteiger partial charge in [-0.15, -0.1) is 0 Å². The van der Waals surface area contributed by atoms with Crippen LogP contribution in [0, 0.1) is 0 Å². The Bertz CT molecular complexity index is 630. The minimum atomic E-state index is -0.161. The van der Waals surface area contributed by atoms with Crippen LogP contribution in [0.3, 0.4) is 0 Å². The maximum Gasteiger partial charge on any atom is 0.258 e. The minimum Gasteiger partial charge on any atom is -0.492 e. The molecule has 0 spiro atoms. The largest absolute Gasteiger partial charge is 0.492 e. The summed E-state index contributed by atoms with van der Waals surface area (Å²) in [6.07, 6.45) is 0. The van der Waals surface area contributed by atoms with Crippen molar-refractivity contribution in [3.8, 4) is 11.5 Å². The number of para-hydroxylation sites is 1. The van der Waals surface area contributed by atoms with E-state index in [-0.39, 0.29) is 17.9 Å². The lowest BCUT2D eigenvalue weighted by molar-refractivity contribution is -0.123. The molecule has 0 saturated heterocycles. The highest BCUT2D eigenvalue weighted by Gasteiger charge is 2.13. The molecule has 2 aromatic rings. The van der Waals surface area contributed by atoms with E-state index in [2.05, 4.69) is 26.1 Å². The van der Waals surface area contributed by atoms with E-state index in [9.17, 15) is 4.79 Å². The van der Waals surface area contributed by atoms with Crippen molar-refractivity contribution in [2.75, 3.05) is 19.8 Å². The molecule has 1 N–H and O–H groups in total. The molecular weight excluding hydrogens is 302 g/mol. The van der Waals surface area contributed by atoms with E-state index >= 15 is 0 Å². The van der Waals surface area contributed by atoms with Crippen molar-refractivity contribution in [2.45, 2.75) is 26.2 Å². The van der Waals surface area contributed by atoms with Gasteiger partial charge in [-0.25, -0.2) is 0 Å². The highest BCUT2D eigenvalue weighted by atomic mass is 16.5. The van der Waals surface area contributed by atoms with Crippen molar-refractivity contribution in [3.05, 3.63) is 60.2 Å². The molecule has 1 amide bonds. The van der Waals surface area contributed by atoms with Crippen molar-refractivity contribution in [1.29, 1.82) is 0 Å². The number of rotatable bonds is 7. The average Bonchev–Trinajstić information content (AvgIpc) is 2.57. The Morgan fingerprint density at radius 1 is 0.917 bits per heavy atom. The number of amides is 1. The molecule has 0 atom stereocenters. The fourth-order valence-corrected chi connectivity index (χ4v) is 2.13. The first-order valence-electron chi connectivity index (χ1n) is 8.13. The number of carbonyl (C=O) groups excluding carboxylic acids is 1. The van der Waals surface area contributed by atoms with Gasteiger partial charge >= 0.3 is 0 Å². The Balaban J connectivity index is 1.66. The van der Waals surface area contributed by atoms with Crippen LogP contribution in [0.5, 0.6) is 11.5 Å². The fourth-order valence-electron chi connectivity index (χ4n) is 2.13. The quantitative estimate of drug-likeness (QED) is 0.791. The summed E-state index contributed by atoms with van der Waals surface area (Å²) in [5.41, 5.74) is 1.34. The van der Waals surface area contributed by atoms with Gasteiger partial charge in [0.1, 0.15) is 18.1 Å². The Hall–Kier alpha value is -2.49. The number of ether oxygens (including phenoxy) is 2. The second-order valence-electron chi connectivity index (χ2n) is 6.57. The van der Waals surface area contributed by atoms with E-state index in [0.29, 0.717) is 18.9 Å². The zero-order valence-electron chi connectivity index (χ0n) is 14.5. The lowest BCUT2D eigenvalue weighted by atomic mass is 9.87. The van der Waals surface area contributed by atoms with Gasteiger partial charge in [-0.1, -0.05) is 51.1 Å². The highest BCUT2D eigenvalue weighted by molar-refractivity contribution is 5.77. The van der Waals surface area contributed by atoms with Crippen LogP contribution in [0.4, 0.5) is 0 Å². The molecule has 0 fully saturated rings. The third kappa shape index (κ3) is 5.95. The van der Waals surface area contributed by atoms with Gasteiger partial charge in [-0.05, 0) is 35.2 Å². The molecule has 0 aliphatic carbocycles. The van der Waals surface area contributed by atoms with Gasteiger partial charge in [0.25, 0.3) is 5.91 Å². The molecule has 2 rings (SSSR count). The molecule has 0 aliphatic heterocycles. The molecule has 0 heterocycles.